The minimum Gasteiger partial charge on any atom is -0.465 e. The lowest BCUT2D eigenvalue weighted by Crippen LogP contribution is -2.20. The molecule has 2 heterocycles. The van der Waals surface area contributed by atoms with Crippen LogP contribution in [0.5, 0.6) is 0 Å². The summed E-state index contributed by atoms with van der Waals surface area (Å²) < 4.78 is 6.94. The third-order valence-corrected chi connectivity index (χ3v) is 6.77. The number of benzene rings is 1. The molecule has 1 aliphatic rings. The van der Waals surface area contributed by atoms with Crippen LogP contribution < -0.4 is 10.6 Å². The Labute approximate surface area is 191 Å². The molecule has 4 rings (SSSR count). The van der Waals surface area contributed by atoms with Crippen LogP contribution in [0.4, 0.5) is 10.8 Å². The molecule has 1 aromatic carbocycles. The van der Waals surface area contributed by atoms with Gasteiger partial charge in [-0.05, 0) is 49.0 Å². The molecule has 0 bridgehead atoms. The number of nitrogens with one attached hydrogen (secondary N) is 2. The molecule has 0 spiro atoms. The second-order valence-electron chi connectivity index (χ2n) is 7.58. The van der Waals surface area contributed by atoms with Crippen molar-refractivity contribution in [3.63, 3.8) is 0 Å². The van der Waals surface area contributed by atoms with Crippen LogP contribution in [0.2, 0.25) is 0 Å². The molecule has 2 aromatic heterocycles. The van der Waals surface area contributed by atoms with Gasteiger partial charge >= 0.3 is 5.97 Å². The topological polar surface area (TPSA) is 68.2 Å². The van der Waals surface area contributed by atoms with Gasteiger partial charge in [-0.15, -0.1) is 11.3 Å². The van der Waals surface area contributed by atoms with E-state index in [2.05, 4.69) is 27.9 Å². The molecule has 0 unspecified atom stereocenters. The maximum atomic E-state index is 12.5. The number of carbonyl (C=O) groups excluding carboxylic acids is 1. The fraction of sp³-hybridized carbons (Fsp3) is 0.348. The third kappa shape index (κ3) is 5.32. The summed E-state index contributed by atoms with van der Waals surface area (Å²) in [7, 11) is 1.43. The predicted molar refractivity (Wildman–Crippen MR) is 129 cm³/mol. The van der Waals surface area contributed by atoms with Crippen molar-refractivity contribution in [3.05, 3.63) is 64.2 Å². The first kappa shape index (κ1) is 21.5. The van der Waals surface area contributed by atoms with Crippen LogP contribution in [0, 0.1) is 0 Å². The van der Waals surface area contributed by atoms with Gasteiger partial charge in [-0.3, -0.25) is 4.68 Å². The van der Waals surface area contributed by atoms with Crippen LogP contribution >= 0.6 is 23.6 Å². The number of anilines is 2. The highest BCUT2D eigenvalue weighted by Crippen LogP contribution is 2.37. The first-order chi connectivity index (χ1) is 15.1. The molecule has 31 heavy (non-hydrogen) atoms. The third-order valence-electron chi connectivity index (χ3n) is 5.36. The molecule has 0 atom stereocenters. The average Bonchev–Trinajstić information content (AvgIpc) is 3.32. The molecule has 0 saturated heterocycles. The van der Waals surface area contributed by atoms with Crippen molar-refractivity contribution in [2.45, 2.75) is 45.1 Å². The first-order valence-corrected chi connectivity index (χ1v) is 11.7. The van der Waals surface area contributed by atoms with Gasteiger partial charge in [0, 0.05) is 17.1 Å². The van der Waals surface area contributed by atoms with E-state index < -0.39 is 0 Å². The number of rotatable bonds is 5. The Kier molecular flexibility index (Phi) is 6.99. The Morgan fingerprint density at radius 3 is 2.68 bits per heavy atom. The van der Waals surface area contributed by atoms with E-state index in [1.165, 1.54) is 30.4 Å². The predicted octanol–water partition coefficient (Wildman–Crippen LogP) is 5.25. The zero-order chi connectivity index (χ0) is 21.6. The number of nitrogens with zero attached hydrogens (tertiary/aromatic N) is 2. The quantitative estimate of drug-likeness (QED) is 0.406. The van der Waals surface area contributed by atoms with Crippen LogP contribution in [0.15, 0.2) is 42.6 Å². The van der Waals surface area contributed by atoms with E-state index in [9.17, 15) is 4.79 Å². The lowest BCUT2D eigenvalue weighted by atomic mass is 9.96. The van der Waals surface area contributed by atoms with E-state index in [1.807, 2.05) is 35.1 Å². The normalized spacial score (nSPS) is 13.6. The Morgan fingerprint density at radius 1 is 1.13 bits per heavy atom. The van der Waals surface area contributed by atoms with Gasteiger partial charge in [-0.25, -0.2) is 4.79 Å². The monoisotopic (exact) mass is 454 g/mol. The fourth-order valence-electron chi connectivity index (χ4n) is 3.86. The molecule has 0 radical (unpaired) electrons. The SMILES string of the molecule is COC(=O)c1c(NC(=S)Nc2ccn(Cc3ccccc3)n2)sc2c1CCCCCC2. The van der Waals surface area contributed by atoms with Gasteiger partial charge in [-0.1, -0.05) is 43.2 Å². The highest BCUT2D eigenvalue weighted by Gasteiger charge is 2.25. The molecule has 0 amide bonds. The van der Waals surface area contributed by atoms with Crippen LogP contribution in [0.1, 0.15) is 52.0 Å². The highest BCUT2D eigenvalue weighted by molar-refractivity contribution is 7.80. The van der Waals surface area contributed by atoms with Crippen molar-refractivity contribution in [3.8, 4) is 0 Å². The lowest BCUT2D eigenvalue weighted by Gasteiger charge is -2.11. The molecule has 8 heteroatoms. The summed E-state index contributed by atoms with van der Waals surface area (Å²) in [5, 5.41) is 12.0. The highest BCUT2D eigenvalue weighted by atomic mass is 32.1. The summed E-state index contributed by atoms with van der Waals surface area (Å²) in [4.78, 5) is 13.8. The standard InChI is InChI=1S/C23H26N4O2S2/c1-29-22(28)20-17-11-7-2-3-8-12-18(17)31-21(20)25-23(30)24-19-13-14-27(26-19)15-16-9-5-4-6-10-16/h4-6,9-10,13-14H,2-3,7-8,11-12,15H2,1H3,(H2,24,25,26,30). The van der Waals surface area contributed by atoms with Gasteiger partial charge < -0.3 is 15.4 Å². The van der Waals surface area contributed by atoms with Crippen LogP contribution in [0.3, 0.4) is 0 Å². The molecule has 2 N–H and O–H groups in total. The summed E-state index contributed by atoms with van der Waals surface area (Å²) in [5.74, 6) is 0.346. The number of methoxy groups -OCH3 is 1. The smallest absolute Gasteiger partial charge is 0.341 e. The maximum absolute atomic E-state index is 12.5. The molecule has 162 valence electrons. The molecule has 3 aromatic rings. The van der Waals surface area contributed by atoms with Gasteiger partial charge in [0.15, 0.2) is 10.9 Å². The van der Waals surface area contributed by atoms with Crippen molar-refractivity contribution in [1.82, 2.24) is 9.78 Å². The van der Waals surface area contributed by atoms with Gasteiger partial charge in [-0.2, -0.15) is 5.10 Å². The molecular formula is C23H26N4O2S2. The number of aromatic nitrogens is 2. The van der Waals surface area contributed by atoms with E-state index in [-0.39, 0.29) is 5.97 Å². The van der Waals surface area contributed by atoms with E-state index in [0.29, 0.717) is 23.0 Å². The van der Waals surface area contributed by atoms with Gasteiger partial charge in [0.2, 0.25) is 0 Å². The fourth-order valence-corrected chi connectivity index (χ4v) is 5.42. The lowest BCUT2D eigenvalue weighted by molar-refractivity contribution is 0.0601. The zero-order valence-corrected chi connectivity index (χ0v) is 19.2. The number of hydrogen-bond acceptors (Lipinski definition) is 5. The van der Waals surface area contributed by atoms with Crippen molar-refractivity contribution in [1.29, 1.82) is 0 Å². The van der Waals surface area contributed by atoms with Gasteiger partial charge in [0.25, 0.3) is 0 Å². The van der Waals surface area contributed by atoms with Crippen LogP contribution in [0.25, 0.3) is 0 Å². The number of hydrogen-bond donors (Lipinski definition) is 2. The molecular weight excluding hydrogens is 428 g/mol. The number of esters is 1. The van der Waals surface area contributed by atoms with Crippen molar-refractivity contribution < 1.29 is 9.53 Å². The summed E-state index contributed by atoms with van der Waals surface area (Å²) in [5.41, 5.74) is 2.92. The molecule has 1 aliphatic carbocycles. The number of aryl methyl sites for hydroxylation is 1. The van der Waals surface area contributed by atoms with Crippen molar-refractivity contribution in [2.75, 3.05) is 17.7 Å². The summed E-state index contributed by atoms with van der Waals surface area (Å²) in [6.07, 6.45) is 8.49. The number of thiophene rings is 1. The minimum absolute atomic E-state index is 0.310. The number of ether oxygens (including phenoxy) is 1. The second-order valence-corrected chi connectivity index (χ2v) is 9.09. The Morgan fingerprint density at radius 2 is 1.90 bits per heavy atom. The van der Waals surface area contributed by atoms with E-state index in [0.717, 1.165) is 36.2 Å². The van der Waals surface area contributed by atoms with E-state index in [1.54, 1.807) is 11.3 Å². The van der Waals surface area contributed by atoms with E-state index >= 15 is 0 Å². The number of thiocarbonyl (C=S) groups is 1. The van der Waals surface area contributed by atoms with Crippen molar-refractivity contribution >= 4 is 45.5 Å². The summed E-state index contributed by atoms with van der Waals surface area (Å²) in [6.45, 7) is 0.687. The Bertz CT molecular complexity index is 1060. The first-order valence-electron chi connectivity index (χ1n) is 10.5. The van der Waals surface area contributed by atoms with E-state index in [4.69, 9.17) is 17.0 Å². The second kappa shape index (κ2) is 10.1. The Balaban J connectivity index is 1.47. The number of fused-ring (bicyclic) bond motifs is 1. The molecule has 0 saturated carbocycles. The maximum Gasteiger partial charge on any atom is 0.341 e. The Hall–Kier alpha value is -2.71. The summed E-state index contributed by atoms with van der Waals surface area (Å²) >= 11 is 7.13. The minimum atomic E-state index is -0.310. The average molecular weight is 455 g/mol. The van der Waals surface area contributed by atoms with Crippen LogP contribution in [-0.4, -0.2) is 28.0 Å². The molecule has 6 nitrogen and oxygen atoms in total. The van der Waals surface area contributed by atoms with Gasteiger partial charge in [0.1, 0.15) is 5.00 Å². The zero-order valence-electron chi connectivity index (χ0n) is 17.5. The van der Waals surface area contributed by atoms with Gasteiger partial charge in [0.05, 0.1) is 19.2 Å². The molecule has 0 aliphatic heterocycles. The van der Waals surface area contributed by atoms with Crippen LogP contribution in [-0.2, 0) is 24.1 Å². The molecule has 0 fully saturated rings. The number of carbonyl (C=O) groups is 1. The summed E-state index contributed by atoms with van der Waals surface area (Å²) in [6, 6.07) is 12.0. The largest absolute Gasteiger partial charge is 0.465 e. The van der Waals surface area contributed by atoms with Crippen molar-refractivity contribution in [2.24, 2.45) is 0 Å².